The van der Waals surface area contributed by atoms with Gasteiger partial charge in [0.05, 0.1) is 10.7 Å². The number of rotatable bonds is 3. The third kappa shape index (κ3) is 3.50. The van der Waals surface area contributed by atoms with Crippen molar-refractivity contribution in [2.24, 2.45) is 0 Å². The molecule has 0 unspecified atom stereocenters. The van der Waals surface area contributed by atoms with Gasteiger partial charge in [0.1, 0.15) is 0 Å². The van der Waals surface area contributed by atoms with Crippen LogP contribution in [-0.4, -0.2) is 12.2 Å². The summed E-state index contributed by atoms with van der Waals surface area (Å²) in [4.78, 5) is 1.87. The van der Waals surface area contributed by atoms with Crippen LogP contribution >= 0.6 is 23.8 Å². The largest absolute Gasteiger partial charge is 0.332 e. The Morgan fingerprint density at radius 3 is 2.40 bits per heavy atom. The number of nitrogens with one attached hydrogen (secondary N) is 1. The van der Waals surface area contributed by atoms with E-state index in [0.29, 0.717) is 10.1 Å². The van der Waals surface area contributed by atoms with E-state index in [1.165, 1.54) is 5.56 Å². The first kappa shape index (κ1) is 14.8. The van der Waals surface area contributed by atoms with Gasteiger partial charge in [-0.2, -0.15) is 0 Å². The summed E-state index contributed by atoms with van der Waals surface area (Å²) in [6.07, 6.45) is 1.03. The van der Waals surface area contributed by atoms with Crippen molar-refractivity contribution in [1.29, 1.82) is 0 Å². The number of aryl methyl sites for hydroxylation is 1. The monoisotopic (exact) mass is 304 g/mol. The number of hydrogen-bond donors (Lipinski definition) is 1. The molecular weight excluding hydrogens is 288 g/mol. The lowest BCUT2D eigenvalue weighted by Crippen LogP contribution is -2.31. The highest BCUT2D eigenvalue weighted by Crippen LogP contribution is 2.24. The molecule has 0 aliphatic heterocycles. The van der Waals surface area contributed by atoms with Crippen LogP contribution in [0.1, 0.15) is 12.5 Å². The van der Waals surface area contributed by atoms with Gasteiger partial charge in [0.25, 0.3) is 0 Å². The topological polar surface area (TPSA) is 15.3 Å². The molecule has 2 nitrogen and oxygen atoms in total. The van der Waals surface area contributed by atoms with E-state index in [0.717, 1.165) is 17.8 Å². The molecule has 2 rings (SSSR count). The molecule has 20 heavy (non-hydrogen) atoms. The Morgan fingerprint density at radius 2 is 1.80 bits per heavy atom. The normalized spacial score (nSPS) is 10.2. The van der Waals surface area contributed by atoms with Crippen molar-refractivity contribution in [2.45, 2.75) is 13.3 Å². The van der Waals surface area contributed by atoms with Gasteiger partial charge in [0.2, 0.25) is 0 Å². The number of halogens is 1. The minimum Gasteiger partial charge on any atom is -0.332 e. The molecule has 0 saturated heterocycles. The number of benzene rings is 2. The molecule has 0 heterocycles. The molecule has 0 aliphatic rings. The van der Waals surface area contributed by atoms with Gasteiger partial charge < -0.3 is 10.2 Å². The highest BCUT2D eigenvalue weighted by Gasteiger charge is 2.10. The molecule has 0 aromatic heterocycles. The van der Waals surface area contributed by atoms with E-state index >= 15 is 0 Å². The fraction of sp³-hybridized carbons (Fsp3) is 0.188. The zero-order chi connectivity index (χ0) is 14.5. The minimum atomic E-state index is 0.613. The van der Waals surface area contributed by atoms with Crippen molar-refractivity contribution in [1.82, 2.24) is 0 Å². The Hall–Kier alpha value is -1.58. The summed E-state index contributed by atoms with van der Waals surface area (Å²) in [5.74, 6) is 0. The second-order valence-corrected chi connectivity index (χ2v) is 5.28. The Labute approximate surface area is 130 Å². The second kappa shape index (κ2) is 6.73. The van der Waals surface area contributed by atoms with E-state index in [1.807, 2.05) is 48.3 Å². The van der Waals surface area contributed by atoms with Crippen LogP contribution in [0.5, 0.6) is 0 Å². The fourth-order valence-corrected chi connectivity index (χ4v) is 2.34. The molecule has 0 spiro atoms. The van der Waals surface area contributed by atoms with Gasteiger partial charge >= 0.3 is 0 Å². The Morgan fingerprint density at radius 1 is 1.15 bits per heavy atom. The molecule has 0 bridgehead atoms. The van der Waals surface area contributed by atoms with Crippen LogP contribution < -0.4 is 10.2 Å². The van der Waals surface area contributed by atoms with Crippen molar-refractivity contribution in [3.8, 4) is 0 Å². The third-order valence-corrected chi connectivity index (χ3v) is 3.83. The van der Waals surface area contributed by atoms with Crippen molar-refractivity contribution in [3.63, 3.8) is 0 Å². The summed E-state index contributed by atoms with van der Waals surface area (Å²) >= 11 is 11.6. The average Bonchev–Trinajstić information content (AvgIpc) is 2.48. The van der Waals surface area contributed by atoms with Gasteiger partial charge in [-0.05, 0) is 48.5 Å². The van der Waals surface area contributed by atoms with Crippen LogP contribution in [0.2, 0.25) is 5.02 Å². The Bertz CT molecular complexity index is 596. The van der Waals surface area contributed by atoms with E-state index in [9.17, 15) is 0 Å². The number of nitrogens with zero attached hydrogens (tertiary/aromatic N) is 1. The summed E-state index contributed by atoms with van der Waals surface area (Å²) in [7, 11) is 1.90. The standard InChI is InChI=1S/C16H17ClN2S/c1-3-12-8-10-13(11-9-12)18-16(20)19(2)15-7-5-4-6-14(15)17/h4-11H,3H2,1-2H3,(H,18,20). The molecule has 0 fully saturated rings. The van der Waals surface area contributed by atoms with Crippen LogP contribution in [0.3, 0.4) is 0 Å². The predicted octanol–water partition coefficient (Wildman–Crippen LogP) is 4.74. The Balaban J connectivity index is 2.09. The molecule has 0 atom stereocenters. The SMILES string of the molecule is CCc1ccc(NC(=S)N(C)c2ccccc2Cl)cc1. The van der Waals surface area contributed by atoms with E-state index in [4.69, 9.17) is 23.8 Å². The summed E-state index contributed by atoms with van der Waals surface area (Å²) in [6.45, 7) is 2.14. The highest BCUT2D eigenvalue weighted by molar-refractivity contribution is 7.80. The zero-order valence-corrected chi connectivity index (χ0v) is 13.1. The van der Waals surface area contributed by atoms with Gasteiger partial charge in [0, 0.05) is 12.7 Å². The predicted molar refractivity (Wildman–Crippen MR) is 91.9 cm³/mol. The molecule has 0 amide bonds. The van der Waals surface area contributed by atoms with Gasteiger partial charge in [-0.3, -0.25) is 0 Å². The van der Waals surface area contributed by atoms with Gasteiger partial charge in [-0.1, -0.05) is 42.8 Å². The second-order valence-electron chi connectivity index (χ2n) is 4.49. The summed E-state index contributed by atoms with van der Waals surface area (Å²) in [5, 5.41) is 4.51. The maximum absolute atomic E-state index is 6.18. The lowest BCUT2D eigenvalue weighted by Gasteiger charge is -2.22. The number of anilines is 2. The first-order chi connectivity index (χ1) is 9.61. The van der Waals surface area contributed by atoms with Crippen molar-refractivity contribution in [2.75, 3.05) is 17.3 Å². The van der Waals surface area contributed by atoms with Crippen LogP contribution in [0, 0.1) is 0 Å². The van der Waals surface area contributed by atoms with E-state index in [1.54, 1.807) is 0 Å². The summed E-state index contributed by atoms with van der Waals surface area (Å²) < 4.78 is 0. The van der Waals surface area contributed by atoms with Crippen molar-refractivity contribution >= 4 is 40.3 Å². The maximum atomic E-state index is 6.18. The maximum Gasteiger partial charge on any atom is 0.177 e. The minimum absolute atomic E-state index is 0.613. The molecule has 2 aromatic carbocycles. The summed E-state index contributed by atoms with van der Waals surface area (Å²) in [6, 6.07) is 15.9. The molecule has 0 aliphatic carbocycles. The zero-order valence-electron chi connectivity index (χ0n) is 11.6. The van der Waals surface area contributed by atoms with E-state index in [2.05, 4.69) is 24.4 Å². The van der Waals surface area contributed by atoms with Crippen LogP contribution in [0.4, 0.5) is 11.4 Å². The van der Waals surface area contributed by atoms with E-state index in [-0.39, 0.29) is 0 Å². The van der Waals surface area contributed by atoms with Crippen molar-refractivity contribution < 1.29 is 0 Å². The molecule has 0 radical (unpaired) electrons. The number of hydrogen-bond acceptors (Lipinski definition) is 1. The average molecular weight is 305 g/mol. The van der Waals surface area contributed by atoms with Crippen LogP contribution in [0.15, 0.2) is 48.5 Å². The Kier molecular flexibility index (Phi) is 4.99. The lowest BCUT2D eigenvalue weighted by atomic mass is 10.1. The van der Waals surface area contributed by atoms with Crippen LogP contribution in [-0.2, 0) is 6.42 Å². The number of para-hydroxylation sites is 1. The molecule has 2 aromatic rings. The molecule has 1 N–H and O–H groups in total. The molecule has 4 heteroatoms. The number of thiocarbonyl (C=S) groups is 1. The van der Waals surface area contributed by atoms with Gasteiger partial charge in [-0.25, -0.2) is 0 Å². The lowest BCUT2D eigenvalue weighted by molar-refractivity contribution is 1.14. The van der Waals surface area contributed by atoms with Crippen LogP contribution in [0.25, 0.3) is 0 Å². The summed E-state index contributed by atoms with van der Waals surface area (Å²) in [5.41, 5.74) is 3.17. The third-order valence-electron chi connectivity index (χ3n) is 3.13. The van der Waals surface area contributed by atoms with E-state index < -0.39 is 0 Å². The first-order valence-electron chi connectivity index (χ1n) is 6.50. The molecule has 104 valence electrons. The van der Waals surface area contributed by atoms with Gasteiger partial charge in [-0.15, -0.1) is 0 Å². The van der Waals surface area contributed by atoms with Gasteiger partial charge in [0.15, 0.2) is 5.11 Å². The first-order valence-corrected chi connectivity index (χ1v) is 7.28. The molecular formula is C16H17ClN2S. The van der Waals surface area contributed by atoms with Crippen molar-refractivity contribution in [3.05, 3.63) is 59.1 Å². The fourth-order valence-electron chi connectivity index (χ4n) is 1.86. The quantitative estimate of drug-likeness (QED) is 0.825. The smallest absolute Gasteiger partial charge is 0.177 e. The highest BCUT2D eigenvalue weighted by atomic mass is 35.5. The molecule has 0 saturated carbocycles.